The summed E-state index contributed by atoms with van der Waals surface area (Å²) in [5.41, 5.74) is 12.8. The number of benzene rings is 1. The van der Waals surface area contributed by atoms with Crippen LogP contribution in [0.1, 0.15) is 7.43 Å². The maximum absolute atomic E-state index is 8.42. The van der Waals surface area contributed by atoms with Crippen molar-refractivity contribution in [3.8, 4) is 0 Å². The summed E-state index contributed by atoms with van der Waals surface area (Å²) >= 11 is 0.662. The van der Waals surface area contributed by atoms with Gasteiger partial charge in [0.1, 0.15) is 11.4 Å². The first kappa shape index (κ1) is 20.7. The van der Waals surface area contributed by atoms with Crippen molar-refractivity contribution >= 4 is 34.8 Å². The van der Waals surface area contributed by atoms with Crippen LogP contribution in [0.2, 0.25) is 0 Å². The van der Waals surface area contributed by atoms with Gasteiger partial charge in [-0.1, -0.05) is 7.43 Å². The van der Waals surface area contributed by atoms with Gasteiger partial charge in [0.05, 0.1) is 28.3 Å². The first-order chi connectivity index (χ1) is 8.15. The summed E-state index contributed by atoms with van der Waals surface area (Å²) in [4.78, 5) is 0.423. The second-order valence-electron chi connectivity index (χ2n) is 2.83. The minimum absolute atomic E-state index is 0. The average Bonchev–Trinajstić information content (AvgIpc) is 2.31. The van der Waals surface area contributed by atoms with Gasteiger partial charge in [-0.3, -0.25) is 0 Å². The van der Waals surface area contributed by atoms with E-state index >= 15 is 0 Å². The van der Waals surface area contributed by atoms with Crippen LogP contribution >= 0.6 is 12.0 Å². The SMILES string of the molecule is C.CN=Nc1cc(SOO)c(N)c(N=NC)c1N.[Y]. The van der Waals surface area contributed by atoms with E-state index in [-0.39, 0.29) is 57.2 Å². The van der Waals surface area contributed by atoms with Gasteiger partial charge in [-0.05, 0) is 6.07 Å². The van der Waals surface area contributed by atoms with Crippen LogP contribution in [-0.4, -0.2) is 19.4 Å². The van der Waals surface area contributed by atoms with Gasteiger partial charge in [0.25, 0.3) is 0 Å². The molecule has 0 atom stereocenters. The van der Waals surface area contributed by atoms with Crippen molar-refractivity contribution in [2.24, 2.45) is 20.5 Å². The zero-order valence-corrected chi connectivity index (χ0v) is 13.5. The number of nitrogen functional groups attached to an aromatic ring is 2. The van der Waals surface area contributed by atoms with Crippen molar-refractivity contribution in [1.82, 2.24) is 0 Å². The van der Waals surface area contributed by atoms with E-state index < -0.39 is 0 Å². The molecule has 1 aromatic carbocycles. The van der Waals surface area contributed by atoms with Crippen molar-refractivity contribution in [2.45, 2.75) is 12.3 Å². The van der Waals surface area contributed by atoms with E-state index in [1.165, 1.54) is 20.2 Å². The maximum atomic E-state index is 8.42. The number of nitrogens with zero attached hydrogens (tertiary/aromatic N) is 4. The van der Waals surface area contributed by atoms with Gasteiger partial charge in [0.2, 0.25) is 0 Å². The fourth-order valence-corrected chi connectivity index (χ4v) is 1.60. The number of hydrogen-bond donors (Lipinski definition) is 3. The Morgan fingerprint density at radius 2 is 1.74 bits per heavy atom. The Morgan fingerprint density at radius 3 is 2.21 bits per heavy atom. The van der Waals surface area contributed by atoms with Gasteiger partial charge in [0, 0.05) is 46.8 Å². The van der Waals surface area contributed by atoms with E-state index in [9.17, 15) is 0 Å². The smallest absolute Gasteiger partial charge is 0.134 e. The molecule has 0 unspecified atom stereocenters. The molecule has 0 aliphatic carbocycles. The van der Waals surface area contributed by atoms with E-state index in [2.05, 4.69) is 24.8 Å². The number of hydrogen-bond acceptors (Lipinski definition) is 9. The van der Waals surface area contributed by atoms with E-state index in [0.29, 0.717) is 22.6 Å². The quantitative estimate of drug-likeness (QED) is 0.249. The monoisotopic (exact) mass is 361 g/mol. The Hall–Kier alpha value is -0.606. The third kappa shape index (κ3) is 5.11. The van der Waals surface area contributed by atoms with Gasteiger partial charge in [-0.2, -0.15) is 24.8 Å². The van der Waals surface area contributed by atoms with Gasteiger partial charge < -0.3 is 11.5 Å². The molecule has 0 amide bonds. The second kappa shape index (κ2) is 10.2. The molecule has 1 rings (SSSR count). The van der Waals surface area contributed by atoms with Crippen molar-refractivity contribution in [3.05, 3.63) is 6.07 Å². The zero-order chi connectivity index (χ0) is 12.8. The summed E-state index contributed by atoms with van der Waals surface area (Å²) in [6.45, 7) is 0. The van der Waals surface area contributed by atoms with E-state index in [1.54, 1.807) is 0 Å². The molecular weight excluding hydrogens is 345 g/mol. The topological polar surface area (TPSA) is 131 Å². The van der Waals surface area contributed by atoms with Crippen molar-refractivity contribution < 1.29 is 42.3 Å². The molecule has 0 aliphatic heterocycles. The molecule has 8 nitrogen and oxygen atoms in total. The largest absolute Gasteiger partial charge is 0.396 e. The number of nitrogens with two attached hydrogens (primary N) is 2. The van der Waals surface area contributed by atoms with Gasteiger partial charge in [-0.15, -0.1) is 0 Å². The molecule has 0 fully saturated rings. The Kier molecular flexibility index (Phi) is 11.1. The molecule has 0 heterocycles. The van der Waals surface area contributed by atoms with Gasteiger partial charge >= 0.3 is 0 Å². The van der Waals surface area contributed by atoms with Crippen LogP contribution in [0.3, 0.4) is 0 Å². The molecule has 5 N–H and O–H groups in total. The van der Waals surface area contributed by atoms with Crippen LogP contribution in [0, 0.1) is 0 Å². The van der Waals surface area contributed by atoms with Gasteiger partial charge in [-0.25, -0.2) is 5.26 Å². The normalized spacial score (nSPS) is 10.5. The molecule has 10 heteroatoms. The van der Waals surface area contributed by atoms with Crippen LogP contribution in [0.5, 0.6) is 0 Å². The predicted octanol–water partition coefficient (Wildman–Crippen LogP) is 3.41. The number of rotatable bonds is 4. The zero-order valence-electron chi connectivity index (χ0n) is 9.86. The van der Waals surface area contributed by atoms with Crippen LogP contribution < -0.4 is 11.5 Å². The van der Waals surface area contributed by atoms with Crippen molar-refractivity contribution in [3.63, 3.8) is 0 Å². The third-order valence-corrected chi connectivity index (χ3v) is 2.45. The summed E-state index contributed by atoms with van der Waals surface area (Å²) in [5, 5.41) is 23.3. The Bertz CT molecular complexity index is 469. The van der Waals surface area contributed by atoms with E-state index in [1.807, 2.05) is 0 Å². The Morgan fingerprint density at radius 1 is 1.16 bits per heavy atom. The van der Waals surface area contributed by atoms with Crippen LogP contribution in [0.25, 0.3) is 0 Å². The molecule has 0 aliphatic rings. The standard InChI is InChI=1S/C8H12N6O2S.CH4.Y/c1-11-13-4-3-5(17-16-15)7(10)8(6(4)9)14-12-2;;/h3,15H,9-10H2,1-2H3;1H4;. The van der Waals surface area contributed by atoms with Crippen LogP contribution in [-0.2, 0) is 37.0 Å². The molecule has 0 spiro atoms. The molecule has 1 radical (unpaired) electrons. The maximum Gasteiger partial charge on any atom is 0.134 e. The molecular formula is C9H16N6O2SY. The predicted molar refractivity (Wildman–Crippen MR) is 72.4 cm³/mol. The molecule has 19 heavy (non-hydrogen) atoms. The van der Waals surface area contributed by atoms with Crippen LogP contribution in [0.4, 0.5) is 22.7 Å². The minimum atomic E-state index is 0. The summed E-state index contributed by atoms with van der Waals surface area (Å²) < 4.78 is 3.97. The summed E-state index contributed by atoms with van der Waals surface area (Å²) in [6.07, 6.45) is 0. The van der Waals surface area contributed by atoms with Crippen molar-refractivity contribution in [1.29, 1.82) is 0 Å². The average molecular weight is 361 g/mol. The third-order valence-electron chi connectivity index (χ3n) is 1.85. The Balaban J connectivity index is 0. The van der Waals surface area contributed by atoms with E-state index in [0.717, 1.165) is 0 Å². The number of anilines is 2. The molecule has 0 bridgehead atoms. The summed E-state index contributed by atoms with van der Waals surface area (Å²) in [7, 11) is 2.99. The summed E-state index contributed by atoms with van der Waals surface area (Å²) in [5.74, 6) is 0. The van der Waals surface area contributed by atoms with Crippen molar-refractivity contribution in [2.75, 3.05) is 25.6 Å². The number of azo groups is 2. The fraction of sp³-hybridized carbons (Fsp3) is 0.333. The second-order valence-corrected chi connectivity index (χ2v) is 3.58. The van der Waals surface area contributed by atoms with E-state index in [4.69, 9.17) is 16.7 Å². The summed E-state index contributed by atoms with van der Waals surface area (Å²) in [6, 6.07) is 1.53. The molecule has 103 valence electrons. The first-order valence-electron chi connectivity index (χ1n) is 4.45. The Labute approximate surface area is 141 Å². The molecule has 0 aromatic heterocycles. The molecule has 0 saturated heterocycles. The first-order valence-corrected chi connectivity index (χ1v) is 5.19. The fourth-order valence-electron chi connectivity index (χ4n) is 1.17. The van der Waals surface area contributed by atoms with Crippen LogP contribution in [0.15, 0.2) is 31.4 Å². The molecule has 1 aromatic rings. The molecule has 0 saturated carbocycles. The van der Waals surface area contributed by atoms with Gasteiger partial charge in [0.15, 0.2) is 0 Å². The minimum Gasteiger partial charge on any atom is -0.396 e.